The molecule has 0 bridgehead atoms. The SMILES string of the molecule is COCC#CCOc1ccc(S(=O)(=O)N2Cc3ccccc3N(C(=O)c3c(F)cccc3Cl)CC2C(=O)OC)cc1. The number of nitrogens with zero attached hydrogens (tertiary/aromatic N) is 2. The molecule has 0 saturated heterocycles. The van der Waals surface area contributed by atoms with Gasteiger partial charge in [-0.25, -0.2) is 12.8 Å². The molecule has 1 amide bonds. The Morgan fingerprint density at radius 3 is 2.39 bits per heavy atom. The molecule has 0 aromatic heterocycles. The van der Waals surface area contributed by atoms with E-state index in [1.807, 2.05) is 0 Å². The van der Waals surface area contributed by atoms with Crippen LogP contribution in [0.15, 0.2) is 71.6 Å². The molecule has 12 heteroatoms. The number of hydrogen-bond acceptors (Lipinski definition) is 7. The topological polar surface area (TPSA) is 102 Å². The van der Waals surface area contributed by atoms with Crippen molar-refractivity contribution < 1.29 is 36.6 Å². The molecule has 9 nitrogen and oxygen atoms in total. The number of para-hydroxylation sites is 1. The molecule has 0 radical (unpaired) electrons. The third kappa shape index (κ3) is 6.52. The predicted molar refractivity (Wildman–Crippen MR) is 150 cm³/mol. The van der Waals surface area contributed by atoms with Gasteiger partial charge < -0.3 is 19.1 Å². The van der Waals surface area contributed by atoms with Gasteiger partial charge >= 0.3 is 5.97 Å². The van der Waals surface area contributed by atoms with E-state index in [9.17, 15) is 22.4 Å². The van der Waals surface area contributed by atoms with Crippen LogP contribution in [-0.4, -0.2) is 64.6 Å². The zero-order chi connectivity index (χ0) is 29.6. The highest BCUT2D eigenvalue weighted by molar-refractivity contribution is 7.89. The van der Waals surface area contributed by atoms with Crippen LogP contribution in [0.2, 0.25) is 5.02 Å². The standard InChI is InChI=1S/C29H26ClFN2O7S/c1-38-16-5-6-17-40-21-12-14-22(15-13-21)41(36,37)33-18-20-8-3-4-11-25(20)32(19-26(33)29(35)39-2)28(34)27-23(30)9-7-10-24(27)31/h3-4,7-15,26H,16-19H2,1-2H3. The van der Waals surface area contributed by atoms with Crippen LogP contribution in [0.25, 0.3) is 0 Å². The highest BCUT2D eigenvalue weighted by Crippen LogP contribution is 2.34. The number of carbonyl (C=O) groups is 2. The smallest absolute Gasteiger partial charge is 0.326 e. The van der Waals surface area contributed by atoms with Crippen molar-refractivity contribution in [1.82, 2.24) is 4.31 Å². The molecule has 3 aromatic carbocycles. The fourth-order valence-electron chi connectivity index (χ4n) is 4.30. The molecule has 1 aliphatic rings. The minimum atomic E-state index is -4.32. The number of halogens is 2. The van der Waals surface area contributed by atoms with E-state index in [1.165, 1.54) is 43.5 Å². The molecule has 214 valence electrons. The Morgan fingerprint density at radius 1 is 1.00 bits per heavy atom. The molecular formula is C29H26ClFN2O7S. The van der Waals surface area contributed by atoms with Crippen molar-refractivity contribution in [2.45, 2.75) is 17.5 Å². The second-order valence-electron chi connectivity index (χ2n) is 8.78. The Bertz CT molecular complexity index is 1580. The van der Waals surface area contributed by atoms with Gasteiger partial charge in [-0.2, -0.15) is 4.31 Å². The Balaban J connectivity index is 1.72. The van der Waals surface area contributed by atoms with Gasteiger partial charge in [0.1, 0.15) is 30.8 Å². The summed E-state index contributed by atoms with van der Waals surface area (Å²) in [4.78, 5) is 27.7. The second-order valence-corrected chi connectivity index (χ2v) is 11.1. The maximum Gasteiger partial charge on any atom is 0.326 e. The monoisotopic (exact) mass is 600 g/mol. The van der Waals surface area contributed by atoms with E-state index in [2.05, 4.69) is 11.8 Å². The number of fused-ring (bicyclic) bond motifs is 1. The summed E-state index contributed by atoms with van der Waals surface area (Å²) < 4.78 is 58.9. The fourth-order valence-corrected chi connectivity index (χ4v) is 6.09. The van der Waals surface area contributed by atoms with Crippen molar-refractivity contribution >= 4 is 39.2 Å². The molecule has 0 saturated carbocycles. The van der Waals surface area contributed by atoms with Gasteiger partial charge in [0.05, 0.1) is 29.1 Å². The third-order valence-electron chi connectivity index (χ3n) is 6.29. The summed E-state index contributed by atoms with van der Waals surface area (Å²) in [5.41, 5.74) is 0.325. The maximum atomic E-state index is 14.8. The number of benzene rings is 3. The van der Waals surface area contributed by atoms with E-state index in [4.69, 9.17) is 25.8 Å². The van der Waals surface area contributed by atoms with Crippen LogP contribution in [0.5, 0.6) is 5.75 Å². The lowest BCUT2D eigenvalue weighted by Gasteiger charge is -2.29. The second kappa shape index (κ2) is 13.1. The quantitative estimate of drug-likeness (QED) is 0.299. The lowest BCUT2D eigenvalue weighted by atomic mass is 10.1. The first-order valence-electron chi connectivity index (χ1n) is 12.3. The highest BCUT2D eigenvalue weighted by atomic mass is 35.5. The Morgan fingerprint density at radius 2 is 1.71 bits per heavy atom. The average Bonchev–Trinajstić information content (AvgIpc) is 3.15. The zero-order valence-electron chi connectivity index (χ0n) is 22.2. The molecule has 3 aromatic rings. The van der Waals surface area contributed by atoms with Crippen molar-refractivity contribution in [3.8, 4) is 17.6 Å². The highest BCUT2D eigenvalue weighted by Gasteiger charge is 2.42. The average molecular weight is 601 g/mol. The summed E-state index contributed by atoms with van der Waals surface area (Å²) in [6.45, 7) is -0.371. The summed E-state index contributed by atoms with van der Waals surface area (Å²) in [7, 11) is -1.68. The molecule has 4 rings (SSSR count). The van der Waals surface area contributed by atoms with Crippen molar-refractivity contribution in [3.63, 3.8) is 0 Å². The molecule has 1 unspecified atom stereocenters. The van der Waals surface area contributed by atoms with Crippen LogP contribution < -0.4 is 9.64 Å². The van der Waals surface area contributed by atoms with Gasteiger partial charge in [-0.05, 0) is 48.0 Å². The molecule has 0 N–H and O–H groups in total. The fraction of sp³-hybridized carbons (Fsp3) is 0.241. The maximum absolute atomic E-state index is 14.8. The number of carbonyl (C=O) groups excluding carboxylic acids is 2. The minimum absolute atomic E-state index is 0.0820. The van der Waals surface area contributed by atoms with Crippen molar-refractivity contribution in [2.75, 3.05) is 38.9 Å². The number of rotatable bonds is 7. The Hall–Kier alpha value is -3.95. The molecular weight excluding hydrogens is 575 g/mol. The van der Waals surface area contributed by atoms with Crippen LogP contribution in [-0.2, 0) is 30.8 Å². The van der Waals surface area contributed by atoms with Gasteiger partial charge in [0.25, 0.3) is 5.91 Å². The number of esters is 1. The van der Waals surface area contributed by atoms with Crippen LogP contribution in [0, 0.1) is 17.7 Å². The van der Waals surface area contributed by atoms with E-state index in [1.54, 1.807) is 24.3 Å². The number of methoxy groups -OCH3 is 2. The van der Waals surface area contributed by atoms with Gasteiger partial charge in [0.2, 0.25) is 10.0 Å². The molecule has 0 spiro atoms. The molecule has 0 fully saturated rings. The van der Waals surface area contributed by atoms with Crippen LogP contribution >= 0.6 is 11.6 Å². The Kier molecular flexibility index (Phi) is 9.62. The molecule has 41 heavy (non-hydrogen) atoms. The predicted octanol–water partition coefficient (Wildman–Crippen LogP) is 3.90. The number of anilines is 1. The first-order valence-corrected chi connectivity index (χ1v) is 14.1. The summed E-state index contributed by atoms with van der Waals surface area (Å²) in [5, 5.41) is -0.122. The van der Waals surface area contributed by atoms with Gasteiger partial charge in [0, 0.05) is 19.3 Å². The van der Waals surface area contributed by atoms with E-state index < -0.39 is 45.9 Å². The number of hydrogen-bond donors (Lipinski definition) is 0. The van der Waals surface area contributed by atoms with E-state index >= 15 is 0 Å². The number of sulfonamides is 1. The summed E-state index contributed by atoms with van der Waals surface area (Å²) >= 11 is 6.18. The van der Waals surface area contributed by atoms with Gasteiger partial charge in [-0.15, -0.1) is 0 Å². The zero-order valence-corrected chi connectivity index (χ0v) is 23.7. The molecule has 1 aliphatic heterocycles. The van der Waals surface area contributed by atoms with Crippen LogP contribution in [0.4, 0.5) is 10.1 Å². The lowest BCUT2D eigenvalue weighted by Crippen LogP contribution is -2.50. The van der Waals surface area contributed by atoms with E-state index in [0.717, 1.165) is 22.4 Å². The molecule has 1 heterocycles. The van der Waals surface area contributed by atoms with Crippen molar-refractivity contribution in [3.05, 3.63) is 88.7 Å². The largest absolute Gasteiger partial charge is 0.481 e. The van der Waals surface area contributed by atoms with Crippen molar-refractivity contribution in [1.29, 1.82) is 0 Å². The van der Waals surface area contributed by atoms with Gasteiger partial charge in [-0.1, -0.05) is 47.7 Å². The third-order valence-corrected chi connectivity index (χ3v) is 8.47. The first-order chi connectivity index (χ1) is 19.7. The van der Waals surface area contributed by atoms with Crippen LogP contribution in [0.3, 0.4) is 0 Å². The number of amides is 1. The van der Waals surface area contributed by atoms with Gasteiger partial charge in [-0.3, -0.25) is 9.59 Å². The summed E-state index contributed by atoms with van der Waals surface area (Å²) in [6.07, 6.45) is 0. The number of ether oxygens (including phenoxy) is 3. The van der Waals surface area contributed by atoms with E-state index in [0.29, 0.717) is 17.0 Å². The summed E-state index contributed by atoms with van der Waals surface area (Å²) in [6, 6.07) is 14.5. The van der Waals surface area contributed by atoms with Crippen molar-refractivity contribution in [2.24, 2.45) is 0 Å². The minimum Gasteiger partial charge on any atom is -0.481 e. The summed E-state index contributed by atoms with van der Waals surface area (Å²) in [5.74, 6) is 3.33. The molecule has 0 aliphatic carbocycles. The van der Waals surface area contributed by atoms with E-state index in [-0.39, 0.29) is 29.7 Å². The Labute approximate surface area is 242 Å². The lowest BCUT2D eigenvalue weighted by molar-refractivity contribution is -0.144. The van der Waals surface area contributed by atoms with Crippen LogP contribution in [0.1, 0.15) is 15.9 Å². The normalized spacial score (nSPS) is 15.2. The molecule has 1 atom stereocenters. The first kappa shape index (κ1) is 30.0. The van der Waals surface area contributed by atoms with Gasteiger partial charge in [0.15, 0.2) is 0 Å².